The van der Waals surface area contributed by atoms with Gasteiger partial charge in [0.05, 0.1) is 26.8 Å². The number of nitrogens with two attached hydrogens (primary N) is 1. The van der Waals surface area contributed by atoms with Gasteiger partial charge in [-0.15, -0.1) is 5.10 Å². The Balaban J connectivity index is 1.39. The number of hydrogen-bond acceptors (Lipinski definition) is 6. The number of benzene rings is 3. The highest BCUT2D eigenvalue weighted by molar-refractivity contribution is 6.42. The van der Waals surface area contributed by atoms with Crippen LogP contribution in [0.5, 0.6) is 0 Å². The highest BCUT2D eigenvalue weighted by atomic mass is 35.5. The second-order valence-corrected chi connectivity index (χ2v) is 10.0. The molecule has 5 aromatic rings. The van der Waals surface area contributed by atoms with Gasteiger partial charge in [0.1, 0.15) is 11.6 Å². The molecule has 2 aromatic heterocycles. The predicted octanol–water partition coefficient (Wildman–Crippen LogP) is 5.83. The number of nitrogens with zero attached hydrogens (tertiary/aromatic N) is 6. The van der Waals surface area contributed by atoms with E-state index in [1.165, 1.54) is 16.3 Å². The SMILES string of the molecule is Nc1c2c(-c3ccccc3F)nc(N3CCN(Cc4ccccc4)CC3)nc2nn1-c1ccc(Cl)c(Cl)c1. The van der Waals surface area contributed by atoms with Crippen LogP contribution < -0.4 is 10.6 Å². The van der Waals surface area contributed by atoms with Crippen LogP contribution in [-0.2, 0) is 6.54 Å². The summed E-state index contributed by atoms with van der Waals surface area (Å²) in [7, 11) is 0. The topological polar surface area (TPSA) is 76.1 Å². The summed E-state index contributed by atoms with van der Waals surface area (Å²) < 4.78 is 16.5. The van der Waals surface area contributed by atoms with Crippen molar-refractivity contribution in [3.8, 4) is 16.9 Å². The molecule has 2 N–H and O–H groups in total. The van der Waals surface area contributed by atoms with Gasteiger partial charge in [0.15, 0.2) is 5.65 Å². The van der Waals surface area contributed by atoms with Crippen molar-refractivity contribution < 1.29 is 4.39 Å². The summed E-state index contributed by atoms with van der Waals surface area (Å²) in [5.74, 6) is 0.387. The zero-order chi connectivity index (χ0) is 26.2. The van der Waals surface area contributed by atoms with E-state index in [1.54, 1.807) is 36.4 Å². The molecular weight excluding hydrogens is 524 g/mol. The lowest BCUT2D eigenvalue weighted by atomic mass is 10.1. The van der Waals surface area contributed by atoms with Crippen molar-refractivity contribution in [2.75, 3.05) is 36.8 Å². The van der Waals surface area contributed by atoms with Gasteiger partial charge in [0.2, 0.25) is 5.95 Å². The van der Waals surface area contributed by atoms with Crippen LogP contribution in [0.4, 0.5) is 16.2 Å². The quantitative estimate of drug-likeness (QED) is 0.298. The van der Waals surface area contributed by atoms with E-state index in [4.69, 9.17) is 38.9 Å². The second kappa shape index (κ2) is 10.2. The molecular formula is C28H24Cl2FN7. The minimum atomic E-state index is -0.396. The largest absolute Gasteiger partial charge is 0.383 e. The number of piperazine rings is 1. The zero-order valence-corrected chi connectivity index (χ0v) is 21.9. The molecule has 3 heterocycles. The summed E-state index contributed by atoms with van der Waals surface area (Å²) in [6.45, 7) is 4.06. The van der Waals surface area contributed by atoms with Crippen LogP contribution in [-0.4, -0.2) is 50.8 Å². The third-order valence-electron chi connectivity index (χ3n) is 6.74. The summed E-state index contributed by atoms with van der Waals surface area (Å²) in [6.07, 6.45) is 0. The van der Waals surface area contributed by atoms with Crippen molar-refractivity contribution >= 4 is 46.0 Å². The van der Waals surface area contributed by atoms with Crippen molar-refractivity contribution in [3.05, 3.63) is 94.2 Å². The molecule has 38 heavy (non-hydrogen) atoms. The van der Waals surface area contributed by atoms with Crippen molar-refractivity contribution in [2.24, 2.45) is 0 Å². The molecule has 0 saturated carbocycles. The van der Waals surface area contributed by atoms with Crippen LogP contribution in [0.25, 0.3) is 28.0 Å². The first kappa shape index (κ1) is 24.6. The fraction of sp³-hybridized carbons (Fsp3) is 0.179. The number of fused-ring (bicyclic) bond motifs is 1. The van der Waals surface area contributed by atoms with Gasteiger partial charge in [-0.05, 0) is 35.9 Å². The lowest BCUT2D eigenvalue weighted by Gasteiger charge is -2.34. The first-order valence-electron chi connectivity index (χ1n) is 12.3. The molecule has 1 aliphatic heterocycles. The maximum Gasteiger partial charge on any atom is 0.228 e. The Morgan fingerprint density at radius 2 is 1.58 bits per heavy atom. The lowest BCUT2D eigenvalue weighted by Crippen LogP contribution is -2.46. The van der Waals surface area contributed by atoms with Gasteiger partial charge >= 0.3 is 0 Å². The lowest BCUT2D eigenvalue weighted by molar-refractivity contribution is 0.249. The summed E-state index contributed by atoms with van der Waals surface area (Å²) in [6, 6.07) is 22.0. The smallest absolute Gasteiger partial charge is 0.228 e. The Bertz CT molecular complexity index is 1620. The van der Waals surface area contributed by atoms with Crippen molar-refractivity contribution in [2.45, 2.75) is 6.54 Å². The highest BCUT2D eigenvalue weighted by Crippen LogP contribution is 2.35. The van der Waals surface area contributed by atoms with E-state index in [1.807, 2.05) is 6.07 Å². The Morgan fingerprint density at radius 3 is 2.32 bits per heavy atom. The molecule has 3 aromatic carbocycles. The molecule has 192 valence electrons. The van der Waals surface area contributed by atoms with Crippen LogP contribution in [0.2, 0.25) is 10.0 Å². The number of halogens is 3. The van der Waals surface area contributed by atoms with Crippen molar-refractivity contribution in [1.29, 1.82) is 0 Å². The molecule has 7 nitrogen and oxygen atoms in total. The molecule has 0 radical (unpaired) electrons. The van der Waals surface area contributed by atoms with Crippen molar-refractivity contribution in [3.63, 3.8) is 0 Å². The Kier molecular flexibility index (Phi) is 6.61. The molecule has 0 spiro atoms. The number of aromatic nitrogens is 4. The monoisotopic (exact) mass is 547 g/mol. The second-order valence-electron chi connectivity index (χ2n) is 9.19. The molecule has 1 saturated heterocycles. The third kappa shape index (κ3) is 4.67. The van der Waals surface area contributed by atoms with E-state index in [2.05, 4.69) is 39.2 Å². The predicted molar refractivity (Wildman–Crippen MR) is 150 cm³/mol. The van der Waals surface area contributed by atoms with Crippen LogP contribution in [0.15, 0.2) is 72.8 Å². The fourth-order valence-electron chi connectivity index (χ4n) is 4.75. The molecule has 1 aliphatic rings. The molecule has 10 heteroatoms. The minimum absolute atomic E-state index is 0.288. The number of hydrogen-bond donors (Lipinski definition) is 1. The van der Waals surface area contributed by atoms with Crippen LogP contribution >= 0.6 is 23.2 Å². The standard InChI is InChI=1S/C28H24Cl2FN7/c29-21-11-10-19(16-22(21)30)38-26(32)24-25(20-8-4-5-9-23(20)31)33-28(34-27(24)35-38)37-14-12-36(13-15-37)17-18-6-2-1-3-7-18/h1-11,16H,12-15,17,32H2. The maximum atomic E-state index is 15.0. The van der Waals surface area contributed by atoms with Crippen LogP contribution in [0, 0.1) is 5.82 Å². The van der Waals surface area contributed by atoms with Gasteiger partial charge in [-0.1, -0.05) is 65.7 Å². The van der Waals surface area contributed by atoms with E-state index in [9.17, 15) is 0 Å². The first-order valence-corrected chi connectivity index (χ1v) is 13.0. The first-order chi connectivity index (χ1) is 18.5. The summed E-state index contributed by atoms with van der Waals surface area (Å²) >= 11 is 12.4. The molecule has 0 aliphatic carbocycles. The summed E-state index contributed by atoms with van der Waals surface area (Å²) in [5, 5.41) is 5.95. The maximum absolute atomic E-state index is 15.0. The third-order valence-corrected chi connectivity index (χ3v) is 7.48. The van der Waals surface area contributed by atoms with E-state index >= 15 is 4.39 Å². The average Bonchev–Trinajstić information content (AvgIpc) is 3.27. The van der Waals surface area contributed by atoms with Crippen molar-refractivity contribution in [1.82, 2.24) is 24.6 Å². The average molecular weight is 548 g/mol. The minimum Gasteiger partial charge on any atom is -0.383 e. The van der Waals surface area contributed by atoms with Gasteiger partial charge in [-0.25, -0.2) is 14.1 Å². The van der Waals surface area contributed by atoms with E-state index in [-0.39, 0.29) is 5.82 Å². The Labute approximate surface area is 229 Å². The normalized spacial score (nSPS) is 14.3. The number of rotatable bonds is 5. The van der Waals surface area contributed by atoms with Gasteiger partial charge in [-0.3, -0.25) is 4.90 Å². The molecule has 0 amide bonds. The van der Waals surface area contributed by atoms with E-state index in [0.717, 1.165) is 32.7 Å². The molecule has 1 fully saturated rings. The molecule has 0 atom stereocenters. The van der Waals surface area contributed by atoms with Gasteiger partial charge in [-0.2, -0.15) is 4.98 Å². The zero-order valence-electron chi connectivity index (χ0n) is 20.4. The molecule has 0 bridgehead atoms. The Hall–Kier alpha value is -3.72. The highest BCUT2D eigenvalue weighted by Gasteiger charge is 2.25. The summed E-state index contributed by atoms with van der Waals surface area (Å²) in [4.78, 5) is 14.1. The Morgan fingerprint density at radius 1 is 0.842 bits per heavy atom. The van der Waals surface area contributed by atoms with Crippen LogP contribution in [0.1, 0.15) is 5.56 Å². The summed E-state index contributed by atoms with van der Waals surface area (Å²) in [5.41, 5.74) is 9.58. The number of nitrogen functional groups attached to an aromatic ring is 1. The molecule has 6 rings (SSSR count). The van der Waals surface area contributed by atoms with E-state index in [0.29, 0.717) is 44.0 Å². The van der Waals surface area contributed by atoms with Gasteiger partial charge < -0.3 is 10.6 Å². The van der Waals surface area contributed by atoms with Crippen LogP contribution in [0.3, 0.4) is 0 Å². The molecule has 0 unspecified atom stereocenters. The van der Waals surface area contributed by atoms with Gasteiger partial charge in [0, 0.05) is 38.3 Å². The van der Waals surface area contributed by atoms with E-state index < -0.39 is 5.82 Å². The fourth-order valence-corrected chi connectivity index (χ4v) is 5.04. The van der Waals surface area contributed by atoms with Gasteiger partial charge in [0.25, 0.3) is 0 Å². The number of anilines is 2.